The summed E-state index contributed by atoms with van der Waals surface area (Å²) in [6.45, 7) is 0. The molecule has 3 rings (SSSR count). The molecule has 3 aromatic rings. The molecule has 8 heteroatoms. The van der Waals surface area contributed by atoms with Crippen LogP contribution in [0.4, 0.5) is 5.13 Å². The molecule has 0 bridgehead atoms. The Kier molecular flexibility index (Phi) is 2.76. The number of anilines is 1. The largest absolute Gasteiger partial charge is 0.295 e. The summed E-state index contributed by atoms with van der Waals surface area (Å²) in [5.41, 5.74) is 1.32. The molecule has 0 spiro atoms. The molecule has 0 saturated carbocycles. The van der Waals surface area contributed by atoms with Gasteiger partial charge in [-0.2, -0.15) is 5.10 Å². The minimum atomic E-state index is -0.441. The van der Waals surface area contributed by atoms with E-state index in [0.717, 1.165) is 0 Å². The summed E-state index contributed by atoms with van der Waals surface area (Å²) in [5, 5.41) is 17.3. The Labute approximate surface area is 110 Å². The van der Waals surface area contributed by atoms with Crippen LogP contribution >= 0.6 is 11.3 Å². The summed E-state index contributed by atoms with van der Waals surface area (Å²) in [6.07, 6.45) is 0. The molecule has 19 heavy (non-hydrogen) atoms. The van der Waals surface area contributed by atoms with Crippen molar-refractivity contribution in [2.45, 2.75) is 0 Å². The van der Waals surface area contributed by atoms with Crippen molar-refractivity contribution in [3.05, 3.63) is 45.8 Å². The summed E-state index contributed by atoms with van der Waals surface area (Å²) < 4.78 is 0. The number of hydrogen-bond acceptors (Lipinski definition) is 6. The lowest BCUT2D eigenvalue weighted by Crippen LogP contribution is -2.19. The molecule has 0 saturated heterocycles. The Hall–Kier alpha value is -2.61. The number of carbonyl (C=O) groups is 1. The molecule has 0 radical (unpaired) electrons. The first-order valence-electron chi connectivity index (χ1n) is 5.30. The predicted octanol–water partition coefficient (Wildman–Crippen LogP) is 1.03. The first kappa shape index (κ1) is 11.5. The highest BCUT2D eigenvalue weighted by Crippen LogP contribution is 2.15. The van der Waals surface area contributed by atoms with Crippen molar-refractivity contribution in [1.82, 2.24) is 20.4 Å². The van der Waals surface area contributed by atoms with Gasteiger partial charge in [0.15, 0.2) is 5.69 Å². The van der Waals surface area contributed by atoms with E-state index >= 15 is 0 Å². The van der Waals surface area contributed by atoms with Crippen molar-refractivity contribution in [1.29, 1.82) is 0 Å². The van der Waals surface area contributed by atoms with Gasteiger partial charge in [-0.25, -0.2) is 5.10 Å². The fraction of sp³-hybridized carbons (Fsp3) is 0. The average molecular weight is 273 g/mol. The van der Waals surface area contributed by atoms with Crippen LogP contribution in [-0.4, -0.2) is 26.3 Å². The van der Waals surface area contributed by atoms with Gasteiger partial charge >= 0.3 is 0 Å². The summed E-state index contributed by atoms with van der Waals surface area (Å²) in [4.78, 5) is 23.7. The molecule has 7 nitrogen and oxygen atoms in total. The number of carbonyl (C=O) groups excluding carboxylic acids is 1. The van der Waals surface area contributed by atoms with Crippen LogP contribution in [0.1, 0.15) is 10.5 Å². The SMILES string of the molecule is O=C(Nc1nncs1)c1n[nH]c(=O)c2ccccc12. The smallest absolute Gasteiger partial charge is 0.278 e. The van der Waals surface area contributed by atoms with E-state index in [-0.39, 0.29) is 11.3 Å². The third kappa shape index (κ3) is 2.08. The molecule has 2 N–H and O–H groups in total. The molecule has 1 amide bonds. The monoisotopic (exact) mass is 273 g/mol. The maximum absolute atomic E-state index is 12.1. The molecule has 0 aliphatic heterocycles. The van der Waals surface area contributed by atoms with Crippen molar-refractivity contribution in [2.75, 3.05) is 5.32 Å². The maximum Gasteiger partial charge on any atom is 0.278 e. The lowest BCUT2D eigenvalue weighted by atomic mass is 10.1. The van der Waals surface area contributed by atoms with Crippen LogP contribution in [0.2, 0.25) is 0 Å². The van der Waals surface area contributed by atoms with Gasteiger partial charge in [-0.05, 0) is 6.07 Å². The van der Waals surface area contributed by atoms with Gasteiger partial charge < -0.3 is 0 Å². The number of nitrogens with zero attached hydrogens (tertiary/aromatic N) is 3. The Balaban J connectivity index is 2.08. The molecule has 0 fully saturated rings. The molecule has 1 aromatic carbocycles. The molecule has 2 heterocycles. The summed E-state index contributed by atoms with van der Waals surface area (Å²) in [5.74, 6) is -0.441. The molecule has 0 aliphatic rings. The number of hydrogen-bond donors (Lipinski definition) is 2. The zero-order valence-corrected chi connectivity index (χ0v) is 10.3. The second kappa shape index (κ2) is 4.58. The fourth-order valence-electron chi connectivity index (χ4n) is 1.67. The van der Waals surface area contributed by atoms with Crippen molar-refractivity contribution < 1.29 is 4.79 Å². The van der Waals surface area contributed by atoms with E-state index in [1.54, 1.807) is 24.3 Å². The van der Waals surface area contributed by atoms with Gasteiger partial charge in [-0.15, -0.1) is 10.2 Å². The van der Waals surface area contributed by atoms with E-state index < -0.39 is 5.91 Å². The highest BCUT2D eigenvalue weighted by Gasteiger charge is 2.14. The lowest BCUT2D eigenvalue weighted by Gasteiger charge is -2.03. The molecular weight excluding hydrogens is 266 g/mol. The number of fused-ring (bicyclic) bond motifs is 1. The van der Waals surface area contributed by atoms with E-state index in [1.165, 1.54) is 16.8 Å². The zero-order valence-electron chi connectivity index (χ0n) is 9.45. The van der Waals surface area contributed by atoms with Crippen molar-refractivity contribution in [3.8, 4) is 0 Å². The van der Waals surface area contributed by atoms with Crippen LogP contribution in [0, 0.1) is 0 Å². The first-order valence-corrected chi connectivity index (χ1v) is 6.18. The molecule has 2 aromatic heterocycles. The average Bonchev–Trinajstić information content (AvgIpc) is 2.92. The number of aromatic amines is 1. The minimum absolute atomic E-state index is 0.144. The molecule has 0 unspecified atom stereocenters. The van der Waals surface area contributed by atoms with Gasteiger partial charge in [0.25, 0.3) is 11.5 Å². The predicted molar refractivity (Wildman–Crippen MR) is 70.2 cm³/mol. The van der Waals surface area contributed by atoms with Gasteiger partial charge in [0, 0.05) is 5.39 Å². The number of aromatic nitrogens is 4. The third-order valence-electron chi connectivity index (χ3n) is 2.49. The number of benzene rings is 1. The van der Waals surface area contributed by atoms with Crippen LogP contribution in [0.5, 0.6) is 0 Å². The van der Waals surface area contributed by atoms with Gasteiger partial charge in [0.2, 0.25) is 5.13 Å². The standard InChI is InChI=1S/C11H7N5O2S/c17-9-7-4-2-1-3-6(7)8(14-15-9)10(18)13-11-16-12-5-19-11/h1-5H,(H,15,17)(H,13,16,18). The Morgan fingerprint density at radius 1 is 1.26 bits per heavy atom. The van der Waals surface area contributed by atoms with E-state index in [1.807, 2.05) is 0 Å². The van der Waals surface area contributed by atoms with Gasteiger partial charge in [-0.3, -0.25) is 14.9 Å². The summed E-state index contributed by atoms with van der Waals surface area (Å²) in [6, 6.07) is 6.78. The van der Waals surface area contributed by atoms with Gasteiger partial charge in [0.1, 0.15) is 5.51 Å². The van der Waals surface area contributed by atoms with Crippen LogP contribution in [-0.2, 0) is 0 Å². The normalized spacial score (nSPS) is 10.5. The van der Waals surface area contributed by atoms with Crippen molar-refractivity contribution in [3.63, 3.8) is 0 Å². The number of nitrogens with one attached hydrogen (secondary N) is 2. The Bertz CT molecular complexity index is 796. The fourth-order valence-corrected chi connectivity index (χ4v) is 2.11. The number of H-pyrrole nitrogens is 1. The van der Waals surface area contributed by atoms with Crippen LogP contribution in [0.3, 0.4) is 0 Å². The quantitative estimate of drug-likeness (QED) is 0.726. The second-order valence-corrected chi connectivity index (χ2v) is 4.48. The number of amides is 1. The molecular formula is C11H7N5O2S. The minimum Gasteiger partial charge on any atom is -0.295 e. The molecule has 0 atom stereocenters. The van der Waals surface area contributed by atoms with Gasteiger partial charge in [-0.1, -0.05) is 29.5 Å². The highest BCUT2D eigenvalue weighted by molar-refractivity contribution is 7.13. The molecule has 94 valence electrons. The van der Waals surface area contributed by atoms with Gasteiger partial charge in [0.05, 0.1) is 5.39 Å². The lowest BCUT2D eigenvalue weighted by molar-refractivity contribution is 0.102. The second-order valence-electron chi connectivity index (χ2n) is 3.64. The number of rotatable bonds is 2. The first-order chi connectivity index (χ1) is 9.25. The third-order valence-corrected chi connectivity index (χ3v) is 3.10. The van der Waals surface area contributed by atoms with Crippen LogP contribution < -0.4 is 10.9 Å². The van der Waals surface area contributed by atoms with Crippen LogP contribution in [0.25, 0.3) is 10.8 Å². The van der Waals surface area contributed by atoms with Crippen molar-refractivity contribution in [2.24, 2.45) is 0 Å². The highest BCUT2D eigenvalue weighted by atomic mass is 32.1. The van der Waals surface area contributed by atoms with Crippen molar-refractivity contribution >= 4 is 33.1 Å². The zero-order chi connectivity index (χ0) is 13.2. The van der Waals surface area contributed by atoms with E-state index in [2.05, 4.69) is 25.7 Å². The van der Waals surface area contributed by atoms with E-state index in [0.29, 0.717) is 15.9 Å². The summed E-state index contributed by atoms with van der Waals surface area (Å²) >= 11 is 1.20. The Morgan fingerprint density at radius 3 is 2.79 bits per heavy atom. The topological polar surface area (TPSA) is 101 Å². The molecule has 0 aliphatic carbocycles. The van der Waals surface area contributed by atoms with E-state index in [4.69, 9.17) is 0 Å². The van der Waals surface area contributed by atoms with E-state index in [9.17, 15) is 9.59 Å². The Morgan fingerprint density at radius 2 is 2.05 bits per heavy atom. The maximum atomic E-state index is 12.1. The summed E-state index contributed by atoms with van der Waals surface area (Å²) in [7, 11) is 0. The van der Waals surface area contributed by atoms with Crippen LogP contribution in [0.15, 0.2) is 34.6 Å².